The highest BCUT2D eigenvalue weighted by atomic mass is 32.2. The number of rotatable bonds is 11. The van der Waals surface area contributed by atoms with Crippen LogP contribution in [0.25, 0.3) is 0 Å². The number of ether oxygens (including phenoxy) is 3. The number of methoxy groups -OCH3 is 3. The summed E-state index contributed by atoms with van der Waals surface area (Å²) in [6, 6.07) is 16.4. The number of hydrogen-bond acceptors (Lipinski definition) is 7. The van der Waals surface area contributed by atoms with Gasteiger partial charge in [0.15, 0.2) is 11.5 Å². The molecule has 0 atom stereocenters. The third kappa shape index (κ3) is 7.03. The normalized spacial score (nSPS) is 14.2. The second-order valence-electron chi connectivity index (χ2n) is 10.1. The molecule has 3 aromatic rings. The van der Waals surface area contributed by atoms with Crippen LogP contribution in [0, 0.1) is 5.92 Å². The van der Waals surface area contributed by atoms with Crippen LogP contribution in [-0.4, -0.2) is 65.5 Å². The number of carbonyl (C=O) groups excluding carboxylic acids is 2. The highest BCUT2D eigenvalue weighted by Gasteiger charge is 2.29. The molecule has 0 unspecified atom stereocenters. The summed E-state index contributed by atoms with van der Waals surface area (Å²) >= 11 is 0. The fourth-order valence-electron chi connectivity index (χ4n) is 4.83. The van der Waals surface area contributed by atoms with Gasteiger partial charge in [0.25, 0.3) is 11.8 Å². The Bertz CT molecular complexity index is 1530. The molecule has 224 valence electrons. The van der Waals surface area contributed by atoms with Crippen molar-refractivity contribution in [1.82, 2.24) is 9.62 Å². The summed E-state index contributed by atoms with van der Waals surface area (Å²) in [6.07, 6.45) is 2.13. The first kappa shape index (κ1) is 30.9. The fourth-order valence-corrected chi connectivity index (χ4v) is 6.33. The molecule has 1 saturated heterocycles. The summed E-state index contributed by atoms with van der Waals surface area (Å²) < 4.78 is 44.1. The summed E-state index contributed by atoms with van der Waals surface area (Å²) in [5, 5.41) is 5.65. The molecule has 10 nitrogen and oxygen atoms in total. The summed E-state index contributed by atoms with van der Waals surface area (Å²) in [5.74, 6) is 0.950. The van der Waals surface area contributed by atoms with E-state index in [9.17, 15) is 18.0 Å². The Morgan fingerprint density at radius 1 is 0.833 bits per heavy atom. The molecule has 0 saturated carbocycles. The van der Waals surface area contributed by atoms with Gasteiger partial charge in [0.05, 0.1) is 43.0 Å². The van der Waals surface area contributed by atoms with E-state index in [0.29, 0.717) is 43.5 Å². The van der Waals surface area contributed by atoms with Crippen LogP contribution < -0.4 is 24.8 Å². The number of nitrogens with zero attached hydrogens (tertiary/aromatic N) is 1. The van der Waals surface area contributed by atoms with E-state index in [1.165, 1.54) is 29.6 Å². The Balaban J connectivity index is 1.48. The van der Waals surface area contributed by atoms with Gasteiger partial charge in [-0.1, -0.05) is 25.1 Å². The highest BCUT2D eigenvalue weighted by molar-refractivity contribution is 7.89. The largest absolute Gasteiger partial charge is 0.496 e. The van der Waals surface area contributed by atoms with E-state index in [1.807, 2.05) is 18.2 Å². The molecule has 4 rings (SSSR count). The van der Waals surface area contributed by atoms with Crippen molar-refractivity contribution in [2.45, 2.75) is 31.1 Å². The lowest BCUT2D eigenvalue weighted by Gasteiger charge is -2.29. The zero-order chi connectivity index (χ0) is 30.3. The van der Waals surface area contributed by atoms with Crippen LogP contribution in [-0.2, 0) is 16.4 Å². The second-order valence-corrected chi connectivity index (χ2v) is 12.1. The lowest BCUT2D eigenvalue weighted by Crippen LogP contribution is -2.38. The van der Waals surface area contributed by atoms with Gasteiger partial charge in [0.2, 0.25) is 10.0 Å². The maximum atomic E-state index is 13.4. The van der Waals surface area contributed by atoms with Crippen LogP contribution in [0.15, 0.2) is 65.6 Å². The molecular formula is C31H37N3O7S. The molecule has 0 aromatic heterocycles. The van der Waals surface area contributed by atoms with Crippen molar-refractivity contribution >= 4 is 27.5 Å². The Hall–Kier alpha value is -4.09. The standard InChI is InChI=1S/C31H37N3O7S/c1-21-14-17-34(18-15-21)42(37,38)23-10-12-27(39-2)25(20-23)31(36)33-26-8-6-5-7-24(26)30(35)32-16-13-22-9-11-28(40-3)29(19-22)41-4/h5-12,19-21H,13-18H2,1-4H3,(H,32,35)(H,33,36). The molecular weight excluding hydrogens is 558 g/mol. The minimum absolute atomic E-state index is 0.0178. The Morgan fingerprint density at radius 3 is 2.19 bits per heavy atom. The van der Waals surface area contributed by atoms with Crippen LogP contribution in [0.4, 0.5) is 5.69 Å². The van der Waals surface area contributed by atoms with E-state index < -0.39 is 15.9 Å². The number of nitrogens with one attached hydrogen (secondary N) is 2. The van der Waals surface area contributed by atoms with Crippen LogP contribution >= 0.6 is 0 Å². The molecule has 0 bridgehead atoms. The summed E-state index contributed by atoms with van der Waals surface area (Å²) in [7, 11) is 0.757. The Labute approximate surface area is 247 Å². The first-order valence-corrected chi connectivity index (χ1v) is 15.2. The average molecular weight is 596 g/mol. The predicted molar refractivity (Wildman–Crippen MR) is 160 cm³/mol. The third-order valence-corrected chi connectivity index (χ3v) is 9.26. The Morgan fingerprint density at radius 2 is 1.50 bits per heavy atom. The van der Waals surface area contributed by atoms with E-state index in [-0.39, 0.29) is 33.4 Å². The Kier molecular flexibility index (Phi) is 10.1. The van der Waals surface area contributed by atoms with Crippen molar-refractivity contribution in [3.63, 3.8) is 0 Å². The lowest BCUT2D eigenvalue weighted by atomic mass is 10.0. The molecule has 2 N–H and O–H groups in total. The number of piperidine rings is 1. The number of amides is 2. The summed E-state index contributed by atoms with van der Waals surface area (Å²) in [4.78, 5) is 26.5. The van der Waals surface area contributed by atoms with Gasteiger partial charge in [-0.3, -0.25) is 9.59 Å². The lowest BCUT2D eigenvalue weighted by molar-refractivity contribution is 0.0955. The molecule has 1 aliphatic rings. The number of sulfonamides is 1. The second kappa shape index (κ2) is 13.7. The zero-order valence-electron chi connectivity index (χ0n) is 24.3. The van der Waals surface area contributed by atoms with Gasteiger partial charge in [0.1, 0.15) is 5.75 Å². The van der Waals surface area contributed by atoms with Crippen molar-refractivity contribution in [1.29, 1.82) is 0 Å². The molecule has 42 heavy (non-hydrogen) atoms. The van der Waals surface area contributed by atoms with Crippen LogP contribution in [0.5, 0.6) is 17.2 Å². The monoisotopic (exact) mass is 595 g/mol. The van der Waals surface area contributed by atoms with Crippen molar-refractivity contribution in [3.05, 3.63) is 77.4 Å². The first-order valence-electron chi connectivity index (χ1n) is 13.8. The van der Waals surface area contributed by atoms with Gasteiger partial charge in [-0.05, 0) is 73.2 Å². The SMILES string of the molecule is COc1ccc(CCNC(=O)c2ccccc2NC(=O)c2cc(S(=O)(=O)N3CCC(C)CC3)ccc2OC)cc1OC. The van der Waals surface area contributed by atoms with E-state index in [2.05, 4.69) is 17.6 Å². The molecule has 1 fully saturated rings. The number of hydrogen-bond donors (Lipinski definition) is 2. The average Bonchev–Trinajstić information content (AvgIpc) is 3.01. The van der Waals surface area contributed by atoms with Crippen molar-refractivity contribution in [2.75, 3.05) is 46.3 Å². The van der Waals surface area contributed by atoms with E-state index in [1.54, 1.807) is 38.5 Å². The number of para-hydroxylation sites is 1. The van der Waals surface area contributed by atoms with Gasteiger partial charge in [-0.2, -0.15) is 4.31 Å². The van der Waals surface area contributed by atoms with Gasteiger partial charge >= 0.3 is 0 Å². The van der Waals surface area contributed by atoms with Crippen molar-refractivity contribution in [3.8, 4) is 17.2 Å². The zero-order valence-corrected chi connectivity index (χ0v) is 25.1. The van der Waals surface area contributed by atoms with Gasteiger partial charge < -0.3 is 24.8 Å². The molecule has 3 aromatic carbocycles. The molecule has 2 amide bonds. The molecule has 1 heterocycles. The quantitative estimate of drug-likeness (QED) is 0.338. The van der Waals surface area contributed by atoms with Crippen LogP contribution in [0.3, 0.4) is 0 Å². The predicted octanol–water partition coefficient (Wildman–Crippen LogP) is 4.36. The molecule has 1 aliphatic heterocycles. The van der Waals surface area contributed by atoms with Gasteiger partial charge in [-0.15, -0.1) is 0 Å². The van der Waals surface area contributed by atoms with Gasteiger partial charge in [-0.25, -0.2) is 8.42 Å². The number of carbonyl (C=O) groups is 2. The van der Waals surface area contributed by atoms with Crippen LogP contribution in [0.2, 0.25) is 0 Å². The smallest absolute Gasteiger partial charge is 0.259 e. The van der Waals surface area contributed by atoms with E-state index in [4.69, 9.17) is 14.2 Å². The minimum Gasteiger partial charge on any atom is -0.496 e. The summed E-state index contributed by atoms with van der Waals surface area (Å²) in [5.41, 5.74) is 1.55. The van der Waals surface area contributed by atoms with Crippen molar-refractivity contribution in [2.24, 2.45) is 5.92 Å². The molecule has 11 heteroatoms. The maximum absolute atomic E-state index is 13.4. The molecule has 0 radical (unpaired) electrons. The number of anilines is 1. The van der Waals surface area contributed by atoms with Crippen molar-refractivity contribution < 1.29 is 32.2 Å². The summed E-state index contributed by atoms with van der Waals surface area (Å²) in [6.45, 7) is 3.33. The van der Waals surface area contributed by atoms with Crippen LogP contribution in [0.1, 0.15) is 46.0 Å². The minimum atomic E-state index is -3.78. The van der Waals surface area contributed by atoms with Gasteiger partial charge in [0, 0.05) is 19.6 Å². The van der Waals surface area contributed by atoms with E-state index in [0.717, 1.165) is 18.4 Å². The molecule has 0 aliphatic carbocycles. The molecule has 0 spiro atoms. The highest BCUT2D eigenvalue weighted by Crippen LogP contribution is 2.29. The number of benzene rings is 3. The first-order chi connectivity index (χ1) is 20.2. The third-order valence-electron chi connectivity index (χ3n) is 7.36. The fraction of sp³-hybridized carbons (Fsp3) is 0.355. The topological polar surface area (TPSA) is 123 Å². The maximum Gasteiger partial charge on any atom is 0.259 e. The van der Waals surface area contributed by atoms with E-state index >= 15 is 0 Å².